The van der Waals surface area contributed by atoms with Crippen LogP contribution >= 0.6 is 11.8 Å². The SMILES string of the molecule is CC(=O)SC1CC(=O)N(c2cc(C(=O)O)ccc2N)C1. The molecule has 2 rings (SSSR count). The van der Waals surface area contributed by atoms with Crippen molar-refractivity contribution in [3.63, 3.8) is 0 Å². The smallest absolute Gasteiger partial charge is 0.335 e. The fraction of sp³-hybridized carbons (Fsp3) is 0.308. The van der Waals surface area contributed by atoms with E-state index in [2.05, 4.69) is 0 Å². The first kappa shape index (κ1) is 14.4. The van der Waals surface area contributed by atoms with Crippen molar-refractivity contribution >= 4 is 40.1 Å². The van der Waals surface area contributed by atoms with Crippen LogP contribution in [-0.2, 0) is 9.59 Å². The summed E-state index contributed by atoms with van der Waals surface area (Å²) in [5.41, 5.74) is 6.63. The molecule has 3 N–H and O–H groups in total. The van der Waals surface area contributed by atoms with Gasteiger partial charge < -0.3 is 15.7 Å². The first-order valence-corrected chi connectivity index (χ1v) is 6.87. The van der Waals surface area contributed by atoms with Crippen LogP contribution in [0.15, 0.2) is 18.2 Å². The molecule has 1 aromatic carbocycles. The largest absolute Gasteiger partial charge is 0.478 e. The highest BCUT2D eigenvalue weighted by Crippen LogP contribution is 2.32. The van der Waals surface area contributed by atoms with Crippen LogP contribution in [-0.4, -0.2) is 33.9 Å². The molecule has 7 heteroatoms. The number of amides is 1. The minimum Gasteiger partial charge on any atom is -0.478 e. The average molecular weight is 294 g/mol. The second kappa shape index (κ2) is 5.54. The molecule has 1 aromatic rings. The van der Waals surface area contributed by atoms with Crippen LogP contribution in [0.5, 0.6) is 0 Å². The van der Waals surface area contributed by atoms with E-state index in [0.717, 1.165) is 11.8 Å². The number of nitrogens with zero attached hydrogens (tertiary/aromatic N) is 1. The molecule has 1 heterocycles. The van der Waals surface area contributed by atoms with Crippen LogP contribution in [0.25, 0.3) is 0 Å². The van der Waals surface area contributed by atoms with Crippen LogP contribution < -0.4 is 10.6 Å². The van der Waals surface area contributed by atoms with E-state index in [9.17, 15) is 14.4 Å². The second-order valence-corrected chi connectivity index (χ2v) is 6.00. The van der Waals surface area contributed by atoms with Gasteiger partial charge in [0.25, 0.3) is 0 Å². The van der Waals surface area contributed by atoms with Gasteiger partial charge in [0.1, 0.15) is 0 Å². The third-order valence-corrected chi connectivity index (χ3v) is 3.97. The highest BCUT2D eigenvalue weighted by atomic mass is 32.2. The molecule has 0 radical (unpaired) electrons. The number of nitrogen functional groups attached to an aromatic ring is 1. The number of rotatable bonds is 3. The topological polar surface area (TPSA) is 101 Å². The Morgan fingerprint density at radius 2 is 2.15 bits per heavy atom. The molecular formula is C13H14N2O4S. The Morgan fingerprint density at radius 1 is 1.45 bits per heavy atom. The van der Waals surface area contributed by atoms with Gasteiger partial charge in [0.05, 0.1) is 16.9 Å². The molecule has 0 aromatic heterocycles. The zero-order valence-electron chi connectivity index (χ0n) is 10.8. The molecule has 1 saturated heterocycles. The molecule has 0 bridgehead atoms. The minimum absolute atomic E-state index is 0.0445. The number of carbonyl (C=O) groups is 3. The molecular weight excluding hydrogens is 280 g/mol. The van der Waals surface area contributed by atoms with Gasteiger partial charge in [-0.15, -0.1) is 0 Å². The molecule has 1 aliphatic rings. The highest BCUT2D eigenvalue weighted by Gasteiger charge is 2.33. The second-order valence-electron chi connectivity index (χ2n) is 4.52. The summed E-state index contributed by atoms with van der Waals surface area (Å²) >= 11 is 1.12. The van der Waals surface area contributed by atoms with Gasteiger partial charge >= 0.3 is 5.97 Å². The lowest BCUT2D eigenvalue weighted by atomic mass is 10.1. The van der Waals surface area contributed by atoms with Gasteiger partial charge in [-0.25, -0.2) is 4.79 Å². The van der Waals surface area contributed by atoms with E-state index in [0.29, 0.717) is 17.9 Å². The van der Waals surface area contributed by atoms with E-state index < -0.39 is 5.97 Å². The van der Waals surface area contributed by atoms with Crippen LogP contribution in [0.1, 0.15) is 23.7 Å². The summed E-state index contributed by atoms with van der Waals surface area (Å²) < 4.78 is 0. The molecule has 20 heavy (non-hydrogen) atoms. The Morgan fingerprint density at radius 3 is 2.75 bits per heavy atom. The summed E-state index contributed by atoms with van der Waals surface area (Å²) in [4.78, 5) is 35.5. The van der Waals surface area contributed by atoms with E-state index in [1.165, 1.54) is 30.0 Å². The zero-order chi connectivity index (χ0) is 14.9. The number of carboxylic acid groups (broad SMARTS) is 1. The lowest BCUT2D eigenvalue weighted by Crippen LogP contribution is -2.26. The summed E-state index contributed by atoms with van der Waals surface area (Å²) in [5, 5.41) is 8.82. The van der Waals surface area contributed by atoms with Crippen molar-refractivity contribution in [2.45, 2.75) is 18.6 Å². The zero-order valence-corrected chi connectivity index (χ0v) is 11.6. The van der Waals surface area contributed by atoms with E-state index >= 15 is 0 Å². The normalized spacial score (nSPS) is 18.4. The third-order valence-electron chi connectivity index (χ3n) is 2.99. The molecule has 0 spiro atoms. The van der Waals surface area contributed by atoms with Crippen LogP contribution in [0, 0.1) is 0 Å². The molecule has 1 unspecified atom stereocenters. The van der Waals surface area contributed by atoms with Crippen molar-refractivity contribution in [1.29, 1.82) is 0 Å². The first-order valence-electron chi connectivity index (χ1n) is 5.99. The van der Waals surface area contributed by atoms with Gasteiger partial charge in [0.15, 0.2) is 5.12 Å². The number of carbonyl (C=O) groups excluding carboxylic acids is 2. The number of thioether (sulfide) groups is 1. The lowest BCUT2D eigenvalue weighted by Gasteiger charge is -2.19. The maximum atomic E-state index is 12.0. The molecule has 1 amide bonds. The minimum atomic E-state index is -1.08. The Balaban J connectivity index is 2.27. The van der Waals surface area contributed by atoms with Crippen molar-refractivity contribution in [2.24, 2.45) is 0 Å². The Kier molecular flexibility index (Phi) is 3.99. The fourth-order valence-electron chi connectivity index (χ4n) is 2.13. The van der Waals surface area contributed by atoms with E-state index in [4.69, 9.17) is 10.8 Å². The predicted octanol–water partition coefficient (Wildman–Crippen LogP) is 1.35. The van der Waals surface area contributed by atoms with Gasteiger partial charge in [0.2, 0.25) is 5.91 Å². The maximum Gasteiger partial charge on any atom is 0.335 e. The van der Waals surface area contributed by atoms with Crippen molar-refractivity contribution < 1.29 is 19.5 Å². The fourth-order valence-corrected chi connectivity index (χ4v) is 3.05. The summed E-state index contributed by atoms with van der Waals surface area (Å²) in [5.74, 6) is -1.23. The van der Waals surface area contributed by atoms with Crippen LogP contribution in [0.2, 0.25) is 0 Å². The van der Waals surface area contributed by atoms with Gasteiger partial charge in [0, 0.05) is 25.1 Å². The van der Waals surface area contributed by atoms with Crippen molar-refractivity contribution in [2.75, 3.05) is 17.2 Å². The molecule has 1 aliphatic heterocycles. The van der Waals surface area contributed by atoms with E-state index in [1.807, 2.05) is 0 Å². The standard InChI is InChI=1S/C13H14N2O4S/c1-7(16)20-9-5-12(17)15(6-9)11-4-8(13(18)19)2-3-10(11)14/h2-4,9H,5-6,14H2,1H3,(H,18,19). The van der Waals surface area contributed by atoms with Gasteiger partial charge in [-0.05, 0) is 18.2 Å². The van der Waals surface area contributed by atoms with Gasteiger partial charge in [-0.1, -0.05) is 11.8 Å². The van der Waals surface area contributed by atoms with Crippen molar-refractivity contribution in [1.82, 2.24) is 0 Å². The van der Waals surface area contributed by atoms with E-state index in [1.54, 1.807) is 0 Å². The Bertz CT molecular complexity index is 588. The van der Waals surface area contributed by atoms with Gasteiger partial charge in [-0.2, -0.15) is 0 Å². The Labute approximate surface area is 119 Å². The first-order chi connectivity index (χ1) is 9.38. The number of nitrogens with two attached hydrogens (primary N) is 1. The Hall–Kier alpha value is -2.02. The van der Waals surface area contributed by atoms with Crippen molar-refractivity contribution in [3.05, 3.63) is 23.8 Å². The predicted molar refractivity (Wildman–Crippen MR) is 76.8 cm³/mol. The molecule has 106 valence electrons. The lowest BCUT2D eigenvalue weighted by molar-refractivity contribution is -0.117. The summed E-state index contributed by atoms with van der Waals surface area (Å²) in [7, 11) is 0. The monoisotopic (exact) mass is 294 g/mol. The molecule has 1 fully saturated rings. The summed E-state index contributed by atoms with van der Waals surface area (Å²) in [6, 6.07) is 4.25. The maximum absolute atomic E-state index is 12.0. The van der Waals surface area contributed by atoms with Gasteiger partial charge in [-0.3, -0.25) is 9.59 Å². The number of aromatic carboxylic acids is 1. The average Bonchev–Trinajstić information content (AvgIpc) is 2.69. The van der Waals surface area contributed by atoms with Crippen LogP contribution in [0.4, 0.5) is 11.4 Å². The number of benzene rings is 1. The van der Waals surface area contributed by atoms with Crippen molar-refractivity contribution in [3.8, 4) is 0 Å². The molecule has 1 atom stereocenters. The molecule has 0 saturated carbocycles. The number of hydrogen-bond acceptors (Lipinski definition) is 5. The molecule has 0 aliphatic carbocycles. The number of anilines is 2. The molecule has 6 nitrogen and oxygen atoms in total. The van der Waals surface area contributed by atoms with Crippen LogP contribution in [0.3, 0.4) is 0 Å². The number of hydrogen-bond donors (Lipinski definition) is 2. The highest BCUT2D eigenvalue weighted by molar-refractivity contribution is 8.14. The van der Waals surface area contributed by atoms with E-state index in [-0.39, 0.29) is 28.3 Å². The summed E-state index contributed by atoms with van der Waals surface area (Å²) in [6.45, 7) is 1.81. The third kappa shape index (κ3) is 2.93. The summed E-state index contributed by atoms with van der Waals surface area (Å²) in [6.07, 6.45) is 0.251. The quantitative estimate of drug-likeness (QED) is 0.816. The number of carboxylic acids is 1.